The number of anilines is 2. The molecular formula is C17H22N6O2. The second-order valence-electron chi connectivity index (χ2n) is 6.04. The molecule has 2 heterocycles. The molecule has 3 N–H and O–H groups in total. The van der Waals surface area contributed by atoms with E-state index in [1.54, 1.807) is 11.7 Å². The predicted octanol–water partition coefficient (Wildman–Crippen LogP) is 0.986. The Bertz CT molecular complexity index is 768. The Morgan fingerprint density at radius 2 is 2.08 bits per heavy atom. The van der Waals surface area contributed by atoms with Crippen LogP contribution in [0.5, 0.6) is 0 Å². The zero-order valence-electron chi connectivity index (χ0n) is 14.4. The van der Waals surface area contributed by atoms with Crippen LogP contribution in [0.2, 0.25) is 0 Å². The molecule has 0 bridgehead atoms. The van der Waals surface area contributed by atoms with Crippen LogP contribution < -0.4 is 20.9 Å². The second-order valence-corrected chi connectivity index (χ2v) is 6.04. The van der Waals surface area contributed by atoms with E-state index in [0.29, 0.717) is 25.5 Å². The number of hydrogen-bond acceptors (Lipinski definition) is 4. The number of amides is 3. The van der Waals surface area contributed by atoms with Crippen LogP contribution in [0.25, 0.3) is 0 Å². The van der Waals surface area contributed by atoms with E-state index in [9.17, 15) is 9.59 Å². The Morgan fingerprint density at radius 3 is 2.72 bits per heavy atom. The quantitative estimate of drug-likeness (QED) is 0.773. The maximum Gasteiger partial charge on any atom is 0.320 e. The van der Waals surface area contributed by atoms with Gasteiger partial charge in [0.15, 0.2) is 0 Å². The third-order valence-corrected chi connectivity index (χ3v) is 4.04. The van der Waals surface area contributed by atoms with Gasteiger partial charge in [0.1, 0.15) is 5.82 Å². The lowest BCUT2D eigenvalue weighted by atomic mass is 10.2. The van der Waals surface area contributed by atoms with Gasteiger partial charge < -0.3 is 15.5 Å². The van der Waals surface area contributed by atoms with Crippen LogP contribution in [0.3, 0.4) is 0 Å². The van der Waals surface area contributed by atoms with Crippen LogP contribution in [0.4, 0.5) is 16.3 Å². The Kier molecular flexibility index (Phi) is 4.87. The Labute approximate surface area is 146 Å². The first-order valence-corrected chi connectivity index (χ1v) is 8.17. The fourth-order valence-corrected chi connectivity index (χ4v) is 2.75. The van der Waals surface area contributed by atoms with E-state index in [-0.39, 0.29) is 11.9 Å². The first kappa shape index (κ1) is 16.8. The molecule has 1 aliphatic rings. The molecule has 1 fully saturated rings. The lowest BCUT2D eigenvalue weighted by Gasteiger charge is -2.28. The smallest absolute Gasteiger partial charge is 0.320 e. The first-order valence-electron chi connectivity index (χ1n) is 8.17. The summed E-state index contributed by atoms with van der Waals surface area (Å²) in [6.07, 6.45) is 0. The summed E-state index contributed by atoms with van der Waals surface area (Å²) in [5, 5.41) is 12.6. The van der Waals surface area contributed by atoms with Crippen molar-refractivity contribution >= 4 is 23.4 Å². The number of nitrogens with zero attached hydrogens (tertiary/aromatic N) is 3. The molecular weight excluding hydrogens is 320 g/mol. The minimum Gasteiger partial charge on any atom is -0.360 e. The maximum absolute atomic E-state index is 12.0. The molecule has 3 amide bonds. The SMILES string of the molecule is Cc1cc(NC(=O)NCc2ccc(N3CCNC(=O)C3)cc2)n(C)n1. The molecule has 3 rings (SSSR count). The van der Waals surface area contributed by atoms with Gasteiger partial charge in [0.25, 0.3) is 0 Å². The lowest BCUT2D eigenvalue weighted by molar-refractivity contribution is -0.120. The number of carbonyl (C=O) groups is 2. The van der Waals surface area contributed by atoms with E-state index >= 15 is 0 Å². The van der Waals surface area contributed by atoms with Crippen molar-refractivity contribution in [2.45, 2.75) is 13.5 Å². The fourth-order valence-electron chi connectivity index (χ4n) is 2.75. The van der Waals surface area contributed by atoms with Crippen LogP contribution in [-0.2, 0) is 18.4 Å². The minimum absolute atomic E-state index is 0.0408. The summed E-state index contributed by atoms with van der Waals surface area (Å²) >= 11 is 0. The van der Waals surface area contributed by atoms with E-state index in [2.05, 4.69) is 21.0 Å². The Hall–Kier alpha value is -3.03. The topological polar surface area (TPSA) is 91.3 Å². The predicted molar refractivity (Wildman–Crippen MR) is 95.5 cm³/mol. The number of piperazine rings is 1. The summed E-state index contributed by atoms with van der Waals surface area (Å²) in [6, 6.07) is 9.38. The van der Waals surface area contributed by atoms with E-state index in [0.717, 1.165) is 23.5 Å². The maximum atomic E-state index is 12.0. The monoisotopic (exact) mass is 342 g/mol. The molecule has 0 aliphatic carbocycles. The molecule has 0 atom stereocenters. The van der Waals surface area contributed by atoms with E-state index in [1.807, 2.05) is 42.2 Å². The van der Waals surface area contributed by atoms with Crippen LogP contribution in [-0.4, -0.2) is 41.4 Å². The van der Waals surface area contributed by atoms with Crippen LogP contribution in [0, 0.1) is 6.92 Å². The van der Waals surface area contributed by atoms with Gasteiger partial charge in [-0.15, -0.1) is 0 Å². The zero-order valence-corrected chi connectivity index (χ0v) is 14.4. The minimum atomic E-state index is -0.278. The van der Waals surface area contributed by atoms with Gasteiger partial charge in [-0.25, -0.2) is 4.79 Å². The molecule has 1 saturated heterocycles. The van der Waals surface area contributed by atoms with Crippen molar-refractivity contribution in [1.29, 1.82) is 0 Å². The average molecular weight is 342 g/mol. The first-order chi connectivity index (χ1) is 12.0. The van der Waals surface area contributed by atoms with Crippen molar-refractivity contribution in [2.75, 3.05) is 29.9 Å². The third-order valence-electron chi connectivity index (χ3n) is 4.04. The molecule has 0 radical (unpaired) electrons. The molecule has 1 aromatic heterocycles. The van der Waals surface area contributed by atoms with Crippen molar-refractivity contribution in [2.24, 2.45) is 7.05 Å². The number of carbonyl (C=O) groups excluding carboxylic acids is 2. The van der Waals surface area contributed by atoms with Gasteiger partial charge >= 0.3 is 6.03 Å². The number of hydrogen-bond donors (Lipinski definition) is 3. The van der Waals surface area contributed by atoms with Gasteiger partial charge in [0, 0.05) is 38.4 Å². The van der Waals surface area contributed by atoms with Crippen molar-refractivity contribution in [1.82, 2.24) is 20.4 Å². The van der Waals surface area contributed by atoms with Gasteiger partial charge in [-0.3, -0.25) is 14.8 Å². The number of urea groups is 1. The van der Waals surface area contributed by atoms with Gasteiger partial charge in [-0.05, 0) is 24.6 Å². The Balaban J connectivity index is 1.52. The summed E-state index contributed by atoms with van der Waals surface area (Å²) < 4.78 is 1.62. The molecule has 0 unspecified atom stereocenters. The highest BCUT2D eigenvalue weighted by Crippen LogP contribution is 2.16. The van der Waals surface area contributed by atoms with Gasteiger partial charge in [0.2, 0.25) is 5.91 Å². The van der Waals surface area contributed by atoms with Crippen LogP contribution in [0.15, 0.2) is 30.3 Å². The van der Waals surface area contributed by atoms with Crippen LogP contribution in [0.1, 0.15) is 11.3 Å². The molecule has 0 saturated carbocycles. The van der Waals surface area contributed by atoms with E-state index < -0.39 is 0 Å². The molecule has 1 aliphatic heterocycles. The molecule has 132 valence electrons. The number of aryl methyl sites for hydroxylation is 2. The number of nitrogens with one attached hydrogen (secondary N) is 3. The number of benzene rings is 1. The lowest BCUT2D eigenvalue weighted by Crippen LogP contribution is -2.47. The molecule has 8 heteroatoms. The van der Waals surface area contributed by atoms with Crippen molar-refractivity contribution < 1.29 is 9.59 Å². The summed E-state index contributed by atoms with van der Waals surface area (Å²) in [4.78, 5) is 25.5. The fraction of sp³-hybridized carbons (Fsp3) is 0.353. The van der Waals surface area contributed by atoms with Gasteiger partial charge in [-0.1, -0.05) is 12.1 Å². The molecule has 25 heavy (non-hydrogen) atoms. The summed E-state index contributed by atoms with van der Waals surface area (Å²) in [7, 11) is 1.78. The number of aromatic nitrogens is 2. The van der Waals surface area contributed by atoms with Crippen LogP contribution >= 0.6 is 0 Å². The summed E-state index contributed by atoms with van der Waals surface area (Å²) in [5.41, 5.74) is 2.84. The van der Waals surface area contributed by atoms with Crippen molar-refractivity contribution in [3.05, 3.63) is 41.6 Å². The average Bonchev–Trinajstić information content (AvgIpc) is 2.90. The normalized spacial score (nSPS) is 14.2. The third kappa shape index (κ3) is 4.28. The number of rotatable bonds is 4. The van der Waals surface area contributed by atoms with Gasteiger partial charge in [0.05, 0.1) is 12.2 Å². The van der Waals surface area contributed by atoms with Crippen molar-refractivity contribution in [3.8, 4) is 0 Å². The van der Waals surface area contributed by atoms with Crippen molar-refractivity contribution in [3.63, 3.8) is 0 Å². The highest BCUT2D eigenvalue weighted by molar-refractivity contribution is 5.88. The molecule has 0 spiro atoms. The van der Waals surface area contributed by atoms with Gasteiger partial charge in [-0.2, -0.15) is 5.10 Å². The van der Waals surface area contributed by atoms with E-state index in [1.165, 1.54) is 0 Å². The van der Waals surface area contributed by atoms with E-state index in [4.69, 9.17) is 0 Å². The zero-order chi connectivity index (χ0) is 17.8. The standard InChI is InChI=1S/C17H22N6O2/c1-12-9-15(22(2)21-12)20-17(25)19-10-13-3-5-14(6-4-13)23-8-7-18-16(24)11-23/h3-6,9H,7-8,10-11H2,1-2H3,(H,18,24)(H2,19,20,25). The largest absolute Gasteiger partial charge is 0.360 e. The summed E-state index contributed by atoms with van der Waals surface area (Å²) in [5.74, 6) is 0.688. The molecule has 1 aromatic carbocycles. The molecule has 2 aromatic rings. The summed E-state index contributed by atoms with van der Waals surface area (Å²) in [6.45, 7) is 4.13. The highest BCUT2D eigenvalue weighted by atomic mass is 16.2. The molecule has 8 nitrogen and oxygen atoms in total. The Morgan fingerprint density at radius 1 is 1.32 bits per heavy atom. The highest BCUT2D eigenvalue weighted by Gasteiger charge is 2.16. The second kappa shape index (κ2) is 7.25.